The molecule has 0 fully saturated rings. The fourth-order valence-electron chi connectivity index (χ4n) is 0.815. The summed E-state index contributed by atoms with van der Waals surface area (Å²) in [4.78, 5) is 11.9. The molecule has 0 N–H and O–H groups in total. The molecule has 4 heteroatoms. The molecule has 0 bridgehead atoms. The minimum absolute atomic E-state index is 0.0550. The number of methoxy groups -OCH3 is 1. The quantitative estimate of drug-likeness (QED) is 0.708. The molecule has 1 aromatic heterocycles. The van der Waals surface area contributed by atoms with Crippen molar-refractivity contribution in [3.8, 4) is 0 Å². The van der Waals surface area contributed by atoms with Crippen LogP contribution < -0.4 is 0 Å². The van der Waals surface area contributed by atoms with E-state index in [0.29, 0.717) is 9.90 Å². The third kappa shape index (κ3) is 1.86. The number of thiophene rings is 1. The van der Waals surface area contributed by atoms with Crippen LogP contribution in [0, 0.1) is 6.92 Å². The lowest BCUT2D eigenvalue weighted by molar-refractivity contribution is 0.0852. The van der Waals surface area contributed by atoms with E-state index in [1.54, 1.807) is 0 Å². The number of rotatable bonds is 3. The molecule has 0 unspecified atom stereocenters. The minimum atomic E-state index is -0.0550. The maximum Gasteiger partial charge on any atom is 0.199 e. The third-order valence-corrected chi connectivity index (χ3v) is 3.17. The number of carbonyl (C=O) groups is 1. The van der Waals surface area contributed by atoms with E-state index in [1.165, 1.54) is 18.4 Å². The van der Waals surface area contributed by atoms with Crippen LogP contribution in [0.4, 0.5) is 0 Å². The fourth-order valence-corrected chi connectivity index (χ4v) is 2.04. The summed E-state index contributed by atoms with van der Waals surface area (Å²) in [6.45, 7) is 1.97. The van der Waals surface area contributed by atoms with Gasteiger partial charge in [0.1, 0.15) is 6.61 Å². The highest BCUT2D eigenvalue weighted by molar-refractivity contribution is 7.13. The maximum absolute atomic E-state index is 11.3. The molecule has 0 saturated carbocycles. The van der Waals surface area contributed by atoms with Crippen LogP contribution in [-0.2, 0) is 4.74 Å². The van der Waals surface area contributed by atoms with Gasteiger partial charge in [-0.3, -0.25) is 4.79 Å². The summed E-state index contributed by atoms with van der Waals surface area (Å²) >= 11 is 7.24. The number of carbonyl (C=O) groups excluding carboxylic acids is 1. The number of halogens is 1. The number of Topliss-reactive ketones (excluding diaryl/α,β-unsaturated/α-hetero) is 1. The zero-order chi connectivity index (χ0) is 9.14. The lowest BCUT2D eigenvalue weighted by Gasteiger charge is -1.95. The van der Waals surface area contributed by atoms with E-state index in [2.05, 4.69) is 0 Å². The molecule has 12 heavy (non-hydrogen) atoms. The Morgan fingerprint density at radius 2 is 2.42 bits per heavy atom. The first-order valence-electron chi connectivity index (χ1n) is 3.42. The molecular weight excluding hydrogens is 196 g/mol. The molecule has 2 nitrogen and oxygen atoms in total. The van der Waals surface area contributed by atoms with Crippen molar-refractivity contribution in [1.82, 2.24) is 0 Å². The van der Waals surface area contributed by atoms with Gasteiger partial charge in [-0.2, -0.15) is 0 Å². The van der Waals surface area contributed by atoms with Gasteiger partial charge >= 0.3 is 0 Å². The number of ether oxygens (including phenoxy) is 1. The van der Waals surface area contributed by atoms with Crippen molar-refractivity contribution in [2.24, 2.45) is 0 Å². The van der Waals surface area contributed by atoms with E-state index in [4.69, 9.17) is 16.3 Å². The molecule has 0 atom stereocenters. The van der Waals surface area contributed by atoms with E-state index in [9.17, 15) is 4.79 Å². The number of hydrogen-bond acceptors (Lipinski definition) is 3. The number of hydrogen-bond donors (Lipinski definition) is 0. The van der Waals surface area contributed by atoms with Crippen molar-refractivity contribution in [2.75, 3.05) is 13.7 Å². The highest BCUT2D eigenvalue weighted by atomic mass is 35.5. The standard InChI is InChI=1S/C8H9ClO2S/c1-5-4-12-8(7(5)9)6(10)3-11-2/h4H,3H2,1-2H3. The number of aryl methyl sites for hydroxylation is 1. The molecule has 1 heterocycles. The number of ketones is 1. The highest BCUT2D eigenvalue weighted by Gasteiger charge is 2.13. The SMILES string of the molecule is COCC(=O)c1scc(C)c1Cl. The van der Waals surface area contributed by atoms with Crippen molar-refractivity contribution in [1.29, 1.82) is 0 Å². The van der Waals surface area contributed by atoms with Gasteiger partial charge in [-0.1, -0.05) is 11.6 Å². The second-order valence-corrected chi connectivity index (χ2v) is 3.68. The van der Waals surface area contributed by atoms with Crippen LogP contribution in [0.2, 0.25) is 5.02 Å². The fraction of sp³-hybridized carbons (Fsp3) is 0.375. The van der Waals surface area contributed by atoms with Crippen molar-refractivity contribution < 1.29 is 9.53 Å². The van der Waals surface area contributed by atoms with E-state index < -0.39 is 0 Å². The van der Waals surface area contributed by atoms with Crippen LogP contribution in [-0.4, -0.2) is 19.5 Å². The molecule has 1 rings (SSSR count). The summed E-state index contributed by atoms with van der Waals surface area (Å²) in [6, 6.07) is 0. The summed E-state index contributed by atoms with van der Waals surface area (Å²) < 4.78 is 4.72. The monoisotopic (exact) mass is 204 g/mol. The molecule has 0 saturated heterocycles. The van der Waals surface area contributed by atoms with Crippen LogP contribution in [0.25, 0.3) is 0 Å². The largest absolute Gasteiger partial charge is 0.376 e. The van der Waals surface area contributed by atoms with Crippen molar-refractivity contribution >= 4 is 28.7 Å². The Labute approximate surface area is 80.1 Å². The average Bonchev–Trinajstić information content (AvgIpc) is 2.34. The van der Waals surface area contributed by atoms with Gasteiger partial charge in [0, 0.05) is 7.11 Å². The summed E-state index contributed by atoms with van der Waals surface area (Å²) in [5.74, 6) is -0.0550. The molecule has 0 spiro atoms. The second kappa shape index (κ2) is 4.03. The Bertz CT molecular complexity index is 293. The second-order valence-electron chi connectivity index (χ2n) is 2.42. The predicted octanol–water partition coefficient (Wildman–Crippen LogP) is 2.54. The highest BCUT2D eigenvalue weighted by Crippen LogP contribution is 2.27. The summed E-state index contributed by atoms with van der Waals surface area (Å²) in [5.41, 5.74) is 0.945. The van der Waals surface area contributed by atoms with Crippen molar-refractivity contribution in [3.05, 3.63) is 20.8 Å². The summed E-state index contributed by atoms with van der Waals surface area (Å²) in [5, 5.41) is 2.42. The Morgan fingerprint density at radius 1 is 1.75 bits per heavy atom. The van der Waals surface area contributed by atoms with Gasteiger partial charge < -0.3 is 4.74 Å². The van der Waals surface area contributed by atoms with E-state index in [0.717, 1.165) is 5.56 Å². The van der Waals surface area contributed by atoms with Gasteiger partial charge in [0.2, 0.25) is 0 Å². The topological polar surface area (TPSA) is 26.3 Å². The zero-order valence-corrected chi connectivity index (χ0v) is 8.46. The van der Waals surface area contributed by atoms with Gasteiger partial charge in [-0.05, 0) is 17.9 Å². The lowest BCUT2D eigenvalue weighted by atomic mass is 10.3. The van der Waals surface area contributed by atoms with Gasteiger partial charge in [0.25, 0.3) is 0 Å². The first-order valence-corrected chi connectivity index (χ1v) is 4.68. The molecule has 0 aliphatic carbocycles. The third-order valence-electron chi connectivity index (χ3n) is 1.43. The Morgan fingerprint density at radius 3 is 2.83 bits per heavy atom. The maximum atomic E-state index is 11.3. The van der Waals surface area contributed by atoms with Crippen molar-refractivity contribution in [2.45, 2.75) is 6.92 Å². The Hall–Kier alpha value is -0.380. The molecule has 0 aromatic carbocycles. The van der Waals surface area contributed by atoms with Crippen molar-refractivity contribution in [3.63, 3.8) is 0 Å². The smallest absolute Gasteiger partial charge is 0.199 e. The first-order chi connectivity index (χ1) is 5.66. The van der Waals surface area contributed by atoms with E-state index in [1.807, 2.05) is 12.3 Å². The van der Waals surface area contributed by atoms with Crippen LogP contribution >= 0.6 is 22.9 Å². The predicted molar refractivity (Wildman–Crippen MR) is 50.3 cm³/mol. The van der Waals surface area contributed by atoms with Gasteiger partial charge in [-0.15, -0.1) is 11.3 Å². The molecule has 0 aliphatic heterocycles. The molecule has 0 aliphatic rings. The minimum Gasteiger partial charge on any atom is -0.376 e. The van der Waals surface area contributed by atoms with Gasteiger partial charge in [-0.25, -0.2) is 0 Å². The van der Waals surface area contributed by atoms with E-state index >= 15 is 0 Å². The van der Waals surface area contributed by atoms with Gasteiger partial charge in [0.15, 0.2) is 5.78 Å². The summed E-state index contributed by atoms with van der Waals surface area (Å²) in [6.07, 6.45) is 0. The molecule has 66 valence electrons. The lowest BCUT2D eigenvalue weighted by Crippen LogP contribution is -2.05. The first kappa shape index (κ1) is 9.71. The summed E-state index contributed by atoms with van der Waals surface area (Å²) in [7, 11) is 1.49. The average molecular weight is 205 g/mol. The molecule has 0 amide bonds. The molecular formula is C8H9ClO2S. The molecule has 1 aromatic rings. The normalized spacial score (nSPS) is 10.2. The van der Waals surface area contributed by atoms with Crippen LogP contribution in [0.3, 0.4) is 0 Å². The van der Waals surface area contributed by atoms with Crippen LogP contribution in [0.15, 0.2) is 5.38 Å². The zero-order valence-electron chi connectivity index (χ0n) is 6.89. The Balaban J connectivity index is 2.88. The Kier molecular flexibility index (Phi) is 3.26. The van der Waals surface area contributed by atoms with Gasteiger partial charge in [0.05, 0.1) is 9.90 Å². The van der Waals surface area contributed by atoms with Crippen LogP contribution in [0.1, 0.15) is 15.2 Å². The molecule has 0 radical (unpaired) electrons. The van der Waals surface area contributed by atoms with Crippen LogP contribution in [0.5, 0.6) is 0 Å². The van der Waals surface area contributed by atoms with E-state index in [-0.39, 0.29) is 12.4 Å².